The Kier molecular flexibility index (Phi) is 6.61. The number of aliphatic carboxylic acids is 1. The summed E-state index contributed by atoms with van der Waals surface area (Å²) in [5.41, 5.74) is 2.05. The van der Waals surface area contributed by atoms with Crippen molar-refractivity contribution >= 4 is 23.6 Å². The van der Waals surface area contributed by atoms with E-state index in [2.05, 4.69) is 5.32 Å². The lowest BCUT2D eigenvalue weighted by atomic mass is 10.2. The number of nitrogens with one attached hydrogen (secondary N) is 1. The summed E-state index contributed by atoms with van der Waals surface area (Å²) in [5.74, 6) is -2.05. The fourth-order valence-electron chi connectivity index (χ4n) is 1.64. The standard InChI is InChI=1S/C14H17F2NO3S/c1-8-3-4-9(2)11(5-8)21-7-13(18)17-10(14(19)20)6-12(15)16/h3-5,10,12H,6-7H2,1-2H3,(H,17,18)(H,19,20). The Hall–Kier alpha value is -1.63. The van der Waals surface area contributed by atoms with Crippen LogP contribution in [0.3, 0.4) is 0 Å². The molecule has 4 nitrogen and oxygen atoms in total. The van der Waals surface area contributed by atoms with Crippen LogP contribution in [0.25, 0.3) is 0 Å². The molecule has 1 atom stereocenters. The number of alkyl halides is 2. The number of thioether (sulfide) groups is 1. The highest BCUT2D eigenvalue weighted by atomic mass is 32.2. The number of carboxylic acids is 1. The summed E-state index contributed by atoms with van der Waals surface area (Å²) in [6.45, 7) is 3.82. The van der Waals surface area contributed by atoms with Gasteiger partial charge in [-0.25, -0.2) is 13.6 Å². The minimum Gasteiger partial charge on any atom is -0.480 e. The zero-order valence-electron chi connectivity index (χ0n) is 11.7. The number of halogens is 2. The first-order valence-corrected chi connectivity index (χ1v) is 7.28. The van der Waals surface area contributed by atoms with E-state index in [1.165, 1.54) is 11.8 Å². The first-order valence-electron chi connectivity index (χ1n) is 6.30. The highest BCUT2D eigenvalue weighted by Gasteiger charge is 2.24. The minimum atomic E-state index is -2.78. The van der Waals surface area contributed by atoms with Crippen molar-refractivity contribution in [2.75, 3.05) is 5.75 Å². The summed E-state index contributed by atoms with van der Waals surface area (Å²) in [4.78, 5) is 23.4. The average Bonchev–Trinajstić information content (AvgIpc) is 2.38. The highest BCUT2D eigenvalue weighted by molar-refractivity contribution is 8.00. The first kappa shape index (κ1) is 17.4. The molecule has 21 heavy (non-hydrogen) atoms. The van der Waals surface area contributed by atoms with E-state index in [1.807, 2.05) is 32.0 Å². The van der Waals surface area contributed by atoms with Crippen molar-refractivity contribution in [2.45, 2.75) is 37.6 Å². The van der Waals surface area contributed by atoms with Gasteiger partial charge in [-0.1, -0.05) is 17.7 Å². The van der Waals surface area contributed by atoms with Crippen molar-refractivity contribution in [3.05, 3.63) is 29.3 Å². The van der Waals surface area contributed by atoms with Gasteiger partial charge in [0, 0.05) is 11.3 Å². The van der Waals surface area contributed by atoms with Gasteiger partial charge in [0.1, 0.15) is 6.04 Å². The number of carboxylic acid groups (broad SMARTS) is 1. The van der Waals surface area contributed by atoms with Gasteiger partial charge >= 0.3 is 5.97 Å². The molecule has 0 saturated heterocycles. The van der Waals surface area contributed by atoms with Gasteiger partial charge in [-0.2, -0.15) is 0 Å². The second kappa shape index (κ2) is 7.97. The maximum absolute atomic E-state index is 12.2. The Labute approximate surface area is 125 Å². The number of benzene rings is 1. The Bertz CT molecular complexity index is 523. The number of amides is 1. The maximum Gasteiger partial charge on any atom is 0.326 e. The summed E-state index contributed by atoms with van der Waals surface area (Å²) in [6, 6.07) is 4.23. The summed E-state index contributed by atoms with van der Waals surface area (Å²) in [5, 5.41) is 10.9. The predicted molar refractivity (Wildman–Crippen MR) is 76.8 cm³/mol. The summed E-state index contributed by atoms with van der Waals surface area (Å²) < 4.78 is 24.4. The van der Waals surface area contributed by atoms with E-state index in [0.29, 0.717) is 0 Å². The molecule has 0 aliphatic carbocycles. The average molecular weight is 317 g/mol. The topological polar surface area (TPSA) is 66.4 Å². The Morgan fingerprint density at radius 3 is 2.57 bits per heavy atom. The molecule has 1 amide bonds. The molecule has 0 heterocycles. The van der Waals surface area contributed by atoms with Crippen molar-refractivity contribution in [3.8, 4) is 0 Å². The Balaban J connectivity index is 2.56. The number of carbonyl (C=O) groups is 2. The third-order valence-corrected chi connectivity index (χ3v) is 3.91. The zero-order valence-corrected chi connectivity index (χ0v) is 12.5. The van der Waals surface area contributed by atoms with Crippen molar-refractivity contribution in [3.63, 3.8) is 0 Å². The molecule has 1 aromatic carbocycles. The van der Waals surface area contributed by atoms with Gasteiger partial charge in [-0.15, -0.1) is 11.8 Å². The van der Waals surface area contributed by atoms with Gasteiger partial charge in [0.2, 0.25) is 12.3 Å². The maximum atomic E-state index is 12.2. The first-order chi connectivity index (χ1) is 9.79. The lowest BCUT2D eigenvalue weighted by Crippen LogP contribution is -2.42. The molecule has 1 aromatic rings. The number of carbonyl (C=O) groups excluding carboxylic acids is 1. The van der Waals surface area contributed by atoms with Crippen LogP contribution >= 0.6 is 11.8 Å². The van der Waals surface area contributed by atoms with Gasteiger partial charge in [-0.05, 0) is 25.5 Å². The van der Waals surface area contributed by atoms with E-state index in [4.69, 9.17) is 5.11 Å². The van der Waals surface area contributed by atoms with Gasteiger partial charge in [0.25, 0.3) is 0 Å². The lowest BCUT2D eigenvalue weighted by molar-refractivity contribution is -0.142. The van der Waals surface area contributed by atoms with Crippen LogP contribution in [0.2, 0.25) is 0 Å². The van der Waals surface area contributed by atoms with Crippen LogP contribution in [0, 0.1) is 13.8 Å². The fourth-order valence-corrected chi connectivity index (χ4v) is 2.58. The van der Waals surface area contributed by atoms with Gasteiger partial charge < -0.3 is 10.4 Å². The van der Waals surface area contributed by atoms with Crippen LogP contribution in [0.1, 0.15) is 17.5 Å². The van der Waals surface area contributed by atoms with E-state index in [9.17, 15) is 18.4 Å². The number of aryl methyl sites for hydroxylation is 2. The molecular weight excluding hydrogens is 300 g/mol. The molecule has 0 spiro atoms. The van der Waals surface area contributed by atoms with Gasteiger partial charge in [0.05, 0.1) is 5.75 Å². The van der Waals surface area contributed by atoms with E-state index in [0.717, 1.165) is 16.0 Å². The molecule has 0 radical (unpaired) electrons. The summed E-state index contributed by atoms with van der Waals surface area (Å²) >= 11 is 1.25. The lowest BCUT2D eigenvalue weighted by Gasteiger charge is -2.14. The molecular formula is C14H17F2NO3S. The number of rotatable bonds is 7. The van der Waals surface area contributed by atoms with Gasteiger partial charge in [0.15, 0.2) is 0 Å². The monoisotopic (exact) mass is 317 g/mol. The molecule has 1 rings (SSSR count). The third-order valence-electron chi connectivity index (χ3n) is 2.75. The minimum absolute atomic E-state index is 0.0166. The summed E-state index contributed by atoms with van der Waals surface area (Å²) in [6.07, 6.45) is -3.67. The molecule has 0 saturated carbocycles. The SMILES string of the molecule is Cc1ccc(C)c(SCC(=O)NC(CC(F)F)C(=O)O)c1. The van der Waals surface area contributed by atoms with Crippen LogP contribution in [0.5, 0.6) is 0 Å². The van der Waals surface area contributed by atoms with E-state index < -0.39 is 30.8 Å². The largest absolute Gasteiger partial charge is 0.480 e. The van der Waals surface area contributed by atoms with Crippen molar-refractivity contribution in [2.24, 2.45) is 0 Å². The Morgan fingerprint density at radius 1 is 1.33 bits per heavy atom. The molecule has 7 heteroatoms. The second-order valence-corrected chi connectivity index (χ2v) is 5.66. The molecule has 2 N–H and O–H groups in total. The molecule has 0 aliphatic rings. The number of hydrogen-bond acceptors (Lipinski definition) is 3. The molecule has 0 aromatic heterocycles. The van der Waals surface area contributed by atoms with E-state index in [-0.39, 0.29) is 5.75 Å². The van der Waals surface area contributed by atoms with Gasteiger partial charge in [-0.3, -0.25) is 4.79 Å². The van der Waals surface area contributed by atoms with Crippen molar-refractivity contribution in [1.82, 2.24) is 5.32 Å². The van der Waals surface area contributed by atoms with Crippen molar-refractivity contribution < 1.29 is 23.5 Å². The zero-order chi connectivity index (χ0) is 16.0. The normalized spacial score (nSPS) is 12.2. The highest BCUT2D eigenvalue weighted by Crippen LogP contribution is 2.23. The van der Waals surface area contributed by atoms with Crippen LogP contribution in [-0.2, 0) is 9.59 Å². The molecule has 0 fully saturated rings. The van der Waals surface area contributed by atoms with E-state index in [1.54, 1.807) is 0 Å². The third kappa shape index (κ3) is 6.12. The molecule has 1 unspecified atom stereocenters. The molecule has 0 bridgehead atoms. The quantitative estimate of drug-likeness (QED) is 0.759. The predicted octanol–water partition coefficient (Wildman–Crippen LogP) is 2.62. The molecule has 116 valence electrons. The smallest absolute Gasteiger partial charge is 0.326 e. The summed E-state index contributed by atoms with van der Waals surface area (Å²) in [7, 11) is 0. The Morgan fingerprint density at radius 2 is 2.00 bits per heavy atom. The molecule has 0 aliphatic heterocycles. The second-order valence-electron chi connectivity index (χ2n) is 4.64. The van der Waals surface area contributed by atoms with Crippen LogP contribution in [0.4, 0.5) is 8.78 Å². The van der Waals surface area contributed by atoms with Crippen molar-refractivity contribution in [1.29, 1.82) is 0 Å². The fraction of sp³-hybridized carbons (Fsp3) is 0.429. The van der Waals surface area contributed by atoms with Crippen LogP contribution in [-0.4, -0.2) is 35.2 Å². The van der Waals surface area contributed by atoms with E-state index >= 15 is 0 Å². The van der Waals surface area contributed by atoms with Crippen LogP contribution < -0.4 is 5.32 Å². The van der Waals surface area contributed by atoms with Crippen LogP contribution in [0.15, 0.2) is 23.1 Å². The number of hydrogen-bond donors (Lipinski definition) is 2.